The summed E-state index contributed by atoms with van der Waals surface area (Å²) in [6, 6.07) is 18.4. The largest absolute Gasteiger partial charge is 0.491 e. The van der Waals surface area contributed by atoms with E-state index in [1.54, 1.807) is 11.3 Å². The van der Waals surface area contributed by atoms with Crippen LogP contribution in [0.15, 0.2) is 66.2 Å². The number of anilines is 1. The van der Waals surface area contributed by atoms with Crippen molar-refractivity contribution in [2.24, 2.45) is 0 Å². The first-order chi connectivity index (χ1) is 13.1. The molecule has 3 heterocycles. The van der Waals surface area contributed by atoms with Crippen molar-refractivity contribution in [2.75, 3.05) is 4.90 Å². The lowest BCUT2D eigenvalue weighted by molar-refractivity contribution is 0.242. The highest BCUT2D eigenvalue weighted by Crippen LogP contribution is 2.43. The van der Waals surface area contributed by atoms with E-state index in [0.29, 0.717) is 5.11 Å². The summed E-state index contributed by atoms with van der Waals surface area (Å²) in [7, 11) is 0. The molecule has 0 bridgehead atoms. The monoisotopic (exact) mass is 395 g/mol. The van der Waals surface area contributed by atoms with Crippen molar-refractivity contribution in [1.29, 1.82) is 0 Å². The van der Waals surface area contributed by atoms with Crippen molar-refractivity contribution in [2.45, 2.75) is 32.0 Å². The van der Waals surface area contributed by atoms with Crippen LogP contribution in [0.3, 0.4) is 0 Å². The summed E-state index contributed by atoms with van der Waals surface area (Å²) in [5, 5.41) is 6.29. The number of nitrogens with one attached hydrogen (secondary N) is 1. The molecule has 138 valence electrons. The van der Waals surface area contributed by atoms with Gasteiger partial charge in [0, 0.05) is 16.8 Å². The van der Waals surface area contributed by atoms with Crippen molar-refractivity contribution >= 4 is 34.4 Å². The van der Waals surface area contributed by atoms with E-state index in [9.17, 15) is 0 Å². The Balaban J connectivity index is 1.71. The molecular weight excluding hydrogens is 374 g/mol. The molecule has 2 aromatic heterocycles. The van der Waals surface area contributed by atoms with Gasteiger partial charge in [-0.2, -0.15) is 0 Å². The van der Waals surface area contributed by atoms with Crippen molar-refractivity contribution in [3.63, 3.8) is 0 Å². The third kappa shape index (κ3) is 3.68. The van der Waals surface area contributed by atoms with E-state index in [2.05, 4.69) is 44.8 Å². The van der Waals surface area contributed by atoms with Crippen molar-refractivity contribution in [3.05, 3.63) is 76.7 Å². The lowest BCUT2D eigenvalue weighted by atomic mass is 10.0. The molecule has 27 heavy (non-hydrogen) atoms. The molecule has 0 unspecified atom stereocenters. The lowest BCUT2D eigenvalue weighted by Crippen LogP contribution is -2.29. The van der Waals surface area contributed by atoms with Crippen LogP contribution in [0.4, 0.5) is 5.69 Å². The minimum Gasteiger partial charge on any atom is -0.491 e. The van der Waals surface area contributed by atoms with Crippen LogP contribution in [0.5, 0.6) is 5.75 Å². The third-order valence-electron chi connectivity index (χ3n) is 4.42. The zero-order chi connectivity index (χ0) is 18.8. The SMILES string of the molecule is CC(C)Oc1ccc(N2C(=S)N[C@H](c3ccccn3)[C@H]2c2cccs2)cc1. The predicted octanol–water partition coefficient (Wildman–Crippen LogP) is 5.11. The Morgan fingerprint density at radius 2 is 1.93 bits per heavy atom. The van der Waals surface area contributed by atoms with Gasteiger partial charge in [0.15, 0.2) is 5.11 Å². The van der Waals surface area contributed by atoms with Gasteiger partial charge < -0.3 is 15.0 Å². The van der Waals surface area contributed by atoms with Crippen molar-refractivity contribution < 1.29 is 4.74 Å². The number of thiocarbonyl (C=S) groups is 1. The molecule has 4 rings (SSSR count). The number of aromatic nitrogens is 1. The van der Waals surface area contributed by atoms with E-state index in [1.807, 2.05) is 50.4 Å². The van der Waals surface area contributed by atoms with Gasteiger partial charge in [0.2, 0.25) is 0 Å². The van der Waals surface area contributed by atoms with Crippen LogP contribution in [0.2, 0.25) is 0 Å². The van der Waals surface area contributed by atoms with E-state index < -0.39 is 0 Å². The Morgan fingerprint density at radius 3 is 2.56 bits per heavy atom. The van der Waals surface area contributed by atoms with E-state index in [0.717, 1.165) is 17.1 Å². The summed E-state index contributed by atoms with van der Waals surface area (Å²) in [5.41, 5.74) is 2.03. The third-order valence-corrected chi connectivity index (χ3v) is 5.68. The van der Waals surface area contributed by atoms with Crippen LogP contribution in [0, 0.1) is 0 Å². The quantitative estimate of drug-likeness (QED) is 0.608. The maximum Gasteiger partial charge on any atom is 0.174 e. The van der Waals surface area contributed by atoms with Crippen molar-refractivity contribution in [3.8, 4) is 5.75 Å². The molecular formula is C21H21N3OS2. The van der Waals surface area contributed by atoms with Crippen LogP contribution in [-0.4, -0.2) is 16.2 Å². The smallest absolute Gasteiger partial charge is 0.174 e. The Bertz CT molecular complexity index is 895. The fraction of sp³-hybridized carbons (Fsp3) is 0.238. The molecule has 1 aromatic carbocycles. The molecule has 6 heteroatoms. The molecule has 0 spiro atoms. The number of nitrogens with zero attached hydrogens (tertiary/aromatic N) is 2. The first kappa shape index (κ1) is 17.9. The Morgan fingerprint density at radius 1 is 1.11 bits per heavy atom. The van der Waals surface area contributed by atoms with Gasteiger partial charge in [0.25, 0.3) is 0 Å². The van der Waals surface area contributed by atoms with E-state index >= 15 is 0 Å². The summed E-state index contributed by atoms with van der Waals surface area (Å²) in [6.45, 7) is 4.05. The molecule has 1 aliphatic rings. The second-order valence-electron chi connectivity index (χ2n) is 6.67. The Labute approximate surface area is 168 Å². The molecule has 0 amide bonds. The molecule has 1 N–H and O–H groups in total. The zero-order valence-electron chi connectivity index (χ0n) is 15.2. The van der Waals surface area contributed by atoms with Gasteiger partial charge in [0.05, 0.1) is 23.9 Å². The number of ether oxygens (including phenoxy) is 1. The van der Waals surface area contributed by atoms with Gasteiger partial charge in [0.1, 0.15) is 5.75 Å². The fourth-order valence-corrected chi connectivity index (χ4v) is 4.54. The predicted molar refractivity (Wildman–Crippen MR) is 114 cm³/mol. The van der Waals surface area contributed by atoms with Gasteiger partial charge >= 0.3 is 0 Å². The standard InChI is InChI=1S/C21H21N3OS2/c1-14(2)25-16-10-8-15(9-11-16)24-20(18-7-5-13-27-18)19(23-21(24)26)17-6-3-4-12-22-17/h3-14,19-20H,1-2H3,(H,23,26)/t19-,20-/m1/s1. The summed E-state index contributed by atoms with van der Waals surface area (Å²) >= 11 is 7.45. The minimum atomic E-state index is 0.00365. The van der Waals surface area contributed by atoms with Crippen LogP contribution >= 0.6 is 23.6 Å². The van der Waals surface area contributed by atoms with Crippen LogP contribution in [0.1, 0.15) is 36.5 Å². The number of pyridine rings is 1. The highest BCUT2D eigenvalue weighted by Gasteiger charge is 2.41. The van der Waals surface area contributed by atoms with E-state index in [4.69, 9.17) is 17.0 Å². The molecule has 3 aromatic rings. The average molecular weight is 396 g/mol. The molecule has 0 radical (unpaired) electrons. The van der Waals surface area contributed by atoms with Gasteiger partial charge in [-0.1, -0.05) is 12.1 Å². The Kier molecular flexibility index (Phi) is 5.09. The summed E-state index contributed by atoms with van der Waals surface area (Å²) in [5.74, 6) is 0.862. The number of hydrogen-bond donors (Lipinski definition) is 1. The second kappa shape index (κ2) is 7.66. The lowest BCUT2D eigenvalue weighted by Gasteiger charge is -2.27. The number of hydrogen-bond acceptors (Lipinski definition) is 4. The molecule has 0 aliphatic carbocycles. The number of benzene rings is 1. The molecule has 1 fully saturated rings. The van der Waals surface area contributed by atoms with Crippen LogP contribution in [0.25, 0.3) is 0 Å². The van der Waals surface area contributed by atoms with Crippen LogP contribution in [-0.2, 0) is 0 Å². The summed E-state index contributed by atoms with van der Waals surface area (Å²) in [6.07, 6.45) is 1.98. The minimum absolute atomic E-state index is 0.00365. The van der Waals surface area contributed by atoms with Gasteiger partial charge in [-0.15, -0.1) is 11.3 Å². The first-order valence-corrected chi connectivity index (χ1v) is 10.2. The van der Waals surface area contributed by atoms with Gasteiger partial charge in [-0.05, 0) is 73.9 Å². The van der Waals surface area contributed by atoms with Crippen molar-refractivity contribution in [1.82, 2.24) is 10.3 Å². The summed E-state index contributed by atoms with van der Waals surface area (Å²) < 4.78 is 5.77. The van der Waals surface area contributed by atoms with E-state index in [-0.39, 0.29) is 18.2 Å². The molecule has 1 aliphatic heterocycles. The highest BCUT2D eigenvalue weighted by atomic mass is 32.1. The fourth-order valence-electron chi connectivity index (χ4n) is 3.34. The second-order valence-corrected chi connectivity index (χ2v) is 8.04. The first-order valence-electron chi connectivity index (χ1n) is 8.94. The number of rotatable bonds is 5. The number of thiophene rings is 1. The maximum atomic E-state index is 5.77. The molecule has 1 saturated heterocycles. The van der Waals surface area contributed by atoms with E-state index in [1.165, 1.54) is 4.88 Å². The molecule has 0 saturated carbocycles. The van der Waals surface area contributed by atoms with Gasteiger partial charge in [-0.3, -0.25) is 4.98 Å². The van der Waals surface area contributed by atoms with Crippen LogP contribution < -0.4 is 15.0 Å². The maximum absolute atomic E-state index is 5.77. The summed E-state index contributed by atoms with van der Waals surface area (Å²) in [4.78, 5) is 8.00. The average Bonchev–Trinajstić information content (AvgIpc) is 3.30. The molecule has 4 nitrogen and oxygen atoms in total. The topological polar surface area (TPSA) is 37.4 Å². The normalized spacial score (nSPS) is 19.4. The van der Waals surface area contributed by atoms with Gasteiger partial charge in [-0.25, -0.2) is 0 Å². The Hall–Kier alpha value is -2.44. The highest BCUT2D eigenvalue weighted by molar-refractivity contribution is 7.80. The molecule has 2 atom stereocenters. The zero-order valence-corrected chi connectivity index (χ0v) is 16.8.